The summed E-state index contributed by atoms with van der Waals surface area (Å²) in [6.45, 7) is 4.41. The monoisotopic (exact) mass is 435 g/mol. The smallest absolute Gasteiger partial charge is 0.312 e. The molecule has 0 unspecified atom stereocenters. The largest absolute Gasteiger partial charge is 0.354 e. The predicted octanol–water partition coefficient (Wildman–Crippen LogP) is 1.63. The summed E-state index contributed by atoms with van der Waals surface area (Å²) in [6.07, 6.45) is 0.895. The van der Waals surface area contributed by atoms with Gasteiger partial charge in [-0.1, -0.05) is 18.2 Å². The van der Waals surface area contributed by atoms with E-state index in [1.54, 1.807) is 44.2 Å². The van der Waals surface area contributed by atoms with E-state index in [2.05, 4.69) is 10.4 Å². The average Bonchev–Trinajstić information content (AvgIpc) is 3.02. The Morgan fingerprint density at radius 1 is 1.23 bits per heavy atom. The molecule has 3 rings (SSSR count). The van der Waals surface area contributed by atoms with Gasteiger partial charge < -0.3 is 5.32 Å². The van der Waals surface area contributed by atoms with Crippen molar-refractivity contribution in [3.8, 4) is 0 Å². The molecule has 1 aliphatic rings. The summed E-state index contributed by atoms with van der Waals surface area (Å²) in [6, 6.07) is 8.27. The third-order valence-electron chi connectivity index (χ3n) is 5.35. The van der Waals surface area contributed by atoms with Crippen molar-refractivity contribution in [3.63, 3.8) is 0 Å². The van der Waals surface area contributed by atoms with Crippen molar-refractivity contribution in [2.24, 2.45) is 5.92 Å². The molecule has 162 valence electrons. The van der Waals surface area contributed by atoms with Crippen molar-refractivity contribution in [3.05, 3.63) is 51.8 Å². The van der Waals surface area contributed by atoms with Gasteiger partial charge in [-0.05, 0) is 38.8 Å². The molecule has 1 amide bonds. The third kappa shape index (κ3) is 4.51. The molecule has 0 aliphatic carbocycles. The predicted molar refractivity (Wildman–Crippen MR) is 109 cm³/mol. The van der Waals surface area contributed by atoms with E-state index in [9.17, 15) is 23.3 Å². The molecule has 2 aromatic rings. The lowest BCUT2D eigenvalue weighted by atomic mass is 9.97. The van der Waals surface area contributed by atoms with Crippen LogP contribution in [0, 0.1) is 29.9 Å². The minimum atomic E-state index is -3.54. The van der Waals surface area contributed by atoms with Gasteiger partial charge in [-0.25, -0.2) is 8.42 Å². The van der Waals surface area contributed by atoms with Gasteiger partial charge in [0.25, 0.3) is 0 Å². The summed E-state index contributed by atoms with van der Waals surface area (Å²) in [4.78, 5) is 23.3. The first kappa shape index (κ1) is 21.9. The lowest BCUT2D eigenvalue weighted by Gasteiger charge is -2.30. The van der Waals surface area contributed by atoms with Gasteiger partial charge in [-0.15, -0.1) is 0 Å². The maximum absolute atomic E-state index is 12.7. The van der Waals surface area contributed by atoms with Gasteiger partial charge in [0, 0.05) is 25.6 Å². The van der Waals surface area contributed by atoms with E-state index in [4.69, 9.17) is 0 Å². The SMILES string of the molecule is Cc1nn(CCNC(=O)C2CCN(S(=O)(=O)c3ccccc3)CC2)c(C)c1[N+](=O)[O-]. The molecule has 1 aromatic heterocycles. The van der Waals surface area contributed by atoms with Crippen molar-refractivity contribution in [1.82, 2.24) is 19.4 Å². The fourth-order valence-corrected chi connectivity index (χ4v) is 5.19. The zero-order valence-corrected chi connectivity index (χ0v) is 17.8. The molecule has 1 N–H and O–H groups in total. The van der Waals surface area contributed by atoms with Crippen molar-refractivity contribution < 1.29 is 18.1 Å². The number of hydrogen-bond acceptors (Lipinski definition) is 6. The van der Waals surface area contributed by atoms with Gasteiger partial charge in [0.1, 0.15) is 11.4 Å². The number of aromatic nitrogens is 2. The molecular formula is C19H25N5O5S. The quantitative estimate of drug-likeness (QED) is 0.520. The standard InChI is InChI=1S/C19H25N5O5S/c1-14-18(24(26)27)15(2)23(21-14)13-10-20-19(25)16-8-11-22(12-9-16)30(28,29)17-6-4-3-5-7-17/h3-7,16H,8-13H2,1-2H3,(H,20,25). The maximum atomic E-state index is 12.7. The molecule has 2 heterocycles. The van der Waals surface area contributed by atoms with Crippen molar-refractivity contribution >= 4 is 21.6 Å². The minimum Gasteiger partial charge on any atom is -0.354 e. The summed E-state index contributed by atoms with van der Waals surface area (Å²) in [5, 5.41) is 18.1. The van der Waals surface area contributed by atoms with E-state index < -0.39 is 14.9 Å². The van der Waals surface area contributed by atoms with Gasteiger partial charge in [0.15, 0.2) is 0 Å². The highest BCUT2D eigenvalue weighted by Gasteiger charge is 2.32. The number of piperidine rings is 1. The van der Waals surface area contributed by atoms with E-state index >= 15 is 0 Å². The van der Waals surface area contributed by atoms with Crippen LogP contribution in [0.4, 0.5) is 5.69 Å². The number of hydrogen-bond donors (Lipinski definition) is 1. The van der Waals surface area contributed by atoms with Crippen LogP contribution in [0.25, 0.3) is 0 Å². The number of benzene rings is 1. The van der Waals surface area contributed by atoms with Crippen LogP contribution in [-0.4, -0.2) is 53.0 Å². The number of nitrogens with one attached hydrogen (secondary N) is 1. The topological polar surface area (TPSA) is 127 Å². The molecule has 0 bridgehead atoms. The van der Waals surface area contributed by atoms with Crippen LogP contribution < -0.4 is 5.32 Å². The van der Waals surface area contributed by atoms with E-state index in [1.165, 1.54) is 8.99 Å². The van der Waals surface area contributed by atoms with Gasteiger partial charge >= 0.3 is 5.69 Å². The van der Waals surface area contributed by atoms with Crippen LogP contribution in [0.15, 0.2) is 35.2 Å². The Bertz CT molecular complexity index is 1030. The highest BCUT2D eigenvalue weighted by Crippen LogP contribution is 2.24. The third-order valence-corrected chi connectivity index (χ3v) is 7.27. The van der Waals surface area contributed by atoms with Crippen molar-refractivity contribution in [1.29, 1.82) is 0 Å². The molecule has 1 aromatic carbocycles. The van der Waals surface area contributed by atoms with E-state index in [-0.39, 0.29) is 22.4 Å². The van der Waals surface area contributed by atoms with Crippen LogP contribution in [0.2, 0.25) is 0 Å². The molecule has 1 saturated heterocycles. The number of aryl methyl sites for hydroxylation is 1. The highest BCUT2D eigenvalue weighted by atomic mass is 32.2. The number of carbonyl (C=O) groups excluding carboxylic acids is 1. The van der Waals surface area contributed by atoms with E-state index in [0.29, 0.717) is 50.4 Å². The summed E-state index contributed by atoms with van der Waals surface area (Å²) >= 11 is 0. The van der Waals surface area contributed by atoms with Crippen molar-refractivity contribution in [2.75, 3.05) is 19.6 Å². The summed E-state index contributed by atoms with van der Waals surface area (Å²) in [5.41, 5.74) is 0.787. The van der Waals surface area contributed by atoms with E-state index in [1.807, 2.05) is 0 Å². The maximum Gasteiger partial charge on any atom is 0.312 e. The second kappa shape index (κ2) is 8.92. The van der Waals surface area contributed by atoms with Crippen molar-refractivity contribution in [2.45, 2.75) is 38.1 Å². The summed E-state index contributed by atoms with van der Waals surface area (Å²) < 4.78 is 28.3. The Morgan fingerprint density at radius 2 is 1.87 bits per heavy atom. The zero-order chi connectivity index (χ0) is 21.9. The second-order valence-electron chi connectivity index (χ2n) is 7.28. The second-order valence-corrected chi connectivity index (χ2v) is 9.22. The first-order chi connectivity index (χ1) is 14.2. The fourth-order valence-electron chi connectivity index (χ4n) is 3.70. The molecule has 30 heavy (non-hydrogen) atoms. The van der Waals surface area contributed by atoms with Crippen LogP contribution in [0.1, 0.15) is 24.2 Å². The summed E-state index contributed by atoms with van der Waals surface area (Å²) in [7, 11) is -3.54. The molecule has 0 saturated carbocycles. The molecule has 1 fully saturated rings. The van der Waals surface area contributed by atoms with Gasteiger partial charge in [0.2, 0.25) is 15.9 Å². The number of sulfonamides is 1. The Balaban J connectivity index is 1.50. The minimum absolute atomic E-state index is 0.00618. The Kier molecular flexibility index (Phi) is 6.52. The highest BCUT2D eigenvalue weighted by molar-refractivity contribution is 7.89. The molecule has 11 heteroatoms. The molecule has 0 atom stereocenters. The molecular weight excluding hydrogens is 410 g/mol. The molecule has 0 radical (unpaired) electrons. The van der Waals surface area contributed by atoms with E-state index in [0.717, 1.165) is 0 Å². The molecule has 1 aliphatic heterocycles. The molecule has 10 nitrogen and oxygen atoms in total. The lowest BCUT2D eigenvalue weighted by molar-refractivity contribution is -0.386. The zero-order valence-electron chi connectivity index (χ0n) is 16.9. The number of nitrogens with zero attached hydrogens (tertiary/aromatic N) is 4. The summed E-state index contributed by atoms with van der Waals surface area (Å²) in [5.74, 6) is -0.398. The lowest BCUT2D eigenvalue weighted by Crippen LogP contribution is -2.43. The number of rotatable bonds is 7. The first-order valence-electron chi connectivity index (χ1n) is 9.73. The van der Waals surface area contributed by atoms with Gasteiger partial charge in [-0.2, -0.15) is 9.40 Å². The normalized spacial score (nSPS) is 15.8. The van der Waals surface area contributed by atoms with Crippen LogP contribution in [-0.2, 0) is 21.4 Å². The Labute approximate surface area is 175 Å². The van der Waals surface area contributed by atoms with Gasteiger partial charge in [-0.3, -0.25) is 19.6 Å². The number of nitro groups is 1. The number of amides is 1. The van der Waals surface area contributed by atoms with Crippen LogP contribution in [0.5, 0.6) is 0 Å². The fraction of sp³-hybridized carbons (Fsp3) is 0.474. The first-order valence-corrected chi connectivity index (χ1v) is 11.2. The number of carbonyl (C=O) groups is 1. The van der Waals surface area contributed by atoms with Gasteiger partial charge in [0.05, 0.1) is 16.4 Å². The molecule has 0 spiro atoms. The van der Waals surface area contributed by atoms with Crippen LogP contribution in [0.3, 0.4) is 0 Å². The Hall–Kier alpha value is -2.79. The average molecular weight is 436 g/mol. The van der Waals surface area contributed by atoms with Crippen LogP contribution >= 0.6 is 0 Å². The Morgan fingerprint density at radius 3 is 2.43 bits per heavy atom.